The predicted molar refractivity (Wildman–Crippen MR) is 259 cm³/mol. The second kappa shape index (κ2) is 12.5. The van der Waals surface area contributed by atoms with Gasteiger partial charge in [0.25, 0.3) is 0 Å². The van der Waals surface area contributed by atoms with Gasteiger partial charge in [-0.3, -0.25) is 0 Å². The van der Waals surface area contributed by atoms with E-state index in [-0.39, 0.29) is 24.3 Å². The SMILES string of the molecule is CC(C)(C)c1ccc(-c2cc3c4c(c2)N(c2ccccc2)c2cc5c(cc2B4c2ccccc2-3)N(c2ccccc2)c2cc(C(C)(C)C)cc3c2B5c2ccccc2-3)cc1. The molecule has 0 fully saturated rings. The maximum atomic E-state index is 2.58. The summed E-state index contributed by atoms with van der Waals surface area (Å²) in [5.41, 5.74) is 26.4. The molecule has 0 N–H and O–H groups in total. The van der Waals surface area contributed by atoms with Gasteiger partial charge < -0.3 is 9.80 Å². The fourth-order valence-corrected chi connectivity index (χ4v) is 10.8. The number of hydrogen-bond acceptors (Lipinski definition) is 2. The van der Waals surface area contributed by atoms with Crippen molar-refractivity contribution in [3.63, 3.8) is 0 Å². The van der Waals surface area contributed by atoms with Gasteiger partial charge in [0.1, 0.15) is 0 Å². The van der Waals surface area contributed by atoms with Crippen molar-refractivity contribution < 1.29 is 0 Å². The molecule has 4 heteroatoms. The smallest absolute Gasteiger partial charge is 0.248 e. The fourth-order valence-electron chi connectivity index (χ4n) is 10.8. The van der Waals surface area contributed by atoms with Crippen LogP contribution < -0.4 is 42.6 Å². The molecule has 0 spiro atoms. The van der Waals surface area contributed by atoms with Crippen molar-refractivity contribution in [1.82, 2.24) is 0 Å². The molecular formula is C56H46B2N2. The third-order valence-corrected chi connectivity index (χ3v) is 13.8. The minimum Gasteiger partial charge on any atom is -0.312 e. The Morgan fingerprint density at radius 2 is 0.783 bits per heavy atom. The van der Waals surface area contributed by atoms with E-state index in [4.69, 9.17) is 0 Å². The normalized spacial score (nSPS) is 14.0. The first-order chi connectivity index (χ1) is 29.0. The molecule has 4 aliphatic rings. The van der Waals surface area contributed by atoms with Crippen molar-refractivity contribution in [3.8, 4) is 33.4 Å². The van der Waals surface area contributed by atoms with Gasteiger partial charge in [0.05, 0.1) is 0 Å². The number of benzene rings is 8. The van der Waals surface area contributed by atoms with Gasteiger partial charge in [-0.05, 0) is 132 Å². The monoisotopic (exact) mass is 768 g/mol. The van der Waals surface area contributed by atoms with Crippen LogP contribution in [0.2, 0.25) is 0 Å². The first-order valence-electron chi connectivity index (χ1n) is 21.6. The van der Waals surface area contributed by atoms with Crippen LogP contribution in [0.1, 0.15) is 52.7 Å². The highest BCUT2D eigenvalue weighted by Gasteiger charge is 2.48. The van der Waals surface area contributed by atoms with Gasteiger partial charge in [-0.2, -0.15) is 0 Å². The van der Waals surface area contributed by atoms with Crippen LogP contribution in [0, 0.1) is 0 Å². The molecule has 0 unspecified atom stereocenters. The zero-order chi connectivity index (χ0) is 40.7. The van der Waals surface area contributed by atoms with Crippen LogP contribution in [0.3, 0.4) is 0 Å². The zero-order valence-electron chi connectivity index (χ0n) is 35.2. The number of fused-ring (bicyclic) bond motifs is 10. The summed E-state index contributed by atoms with van der Waals surface area (Å²) in [6.07, 6.45) is 0. The molecule has 0 saturated carbocycles. The average Bonchev–Trinajstić information content (AvgIpc) is 3.78. The van der Waals surface area contributed by atoms with Crippen molar-refractivity contribution in [2.24, 2.45) is 0 Å². The summed E-state index contributed by atoms with van der Waals surface area (Å²) in [5, 5.41) is 0. The van der Waals surface area contributed by atoms with E-state index in [1.165, 1.54) is 111 Å². The molecule has 2 nitrogen and oxygen atoms in total. The Morgan fingerprint density at radius 1 is 0.333 bits per heavy atom. The molecule has 8 aromatic carbocycles. The van der Waals surface area contributed by atoms with Crippen LogP contribution in [0.4, 0.5) is 34.1 Å². The van der Waals surface area contributed by atoms with E-state index in [1.807, 2.05) is 0 Å². The van der Waals surface area contributed by atoms with Crippen LogP contribution >= 0.6 is 0 Å². The van der Waals surface area contributed by atoms with E-state index >= 15 is 0 Å². The number of hydrogen-bond donors (Lipinski definition) is 0. The summed E-state index contributed by atoms with van der Waals surface area (Å²) in [6.45, 7) is 14.1. The van der Waals surface area contributed by atoms with Gasteiger partial charge in [0.15, 0.2) is 0 Å². The Balaban J connectivity index is 1.17. The largest absolute Gasteiger partial charge is 0.312 e. The highest BCUT2D eigenvalue weighted by atomic mass is 15.2. The number of rotatable bonds is 3. The molecule has 0 aliphatic carbocycles. The Morgan fingerprint density at radius 3 is 1.28 bits per heavy atom. The fraction of sp³-hybridized carbons (Fsp3) is 0.143. The predicted octanol–water partition coefficient (Wildman–Crippen LogP) is 10.5. The van der Waals surface area contributed by atoms with Crippen molar-refractivity contribution in [3.05, 3.63) is 181 Å². The van der Waals surface area contributed by atoms with Gasteiger partial charge in [-0.1, -0.05) is 168 Å². The number of nitrogens with zero attached hydrogens (tertiary/aromatic N) is 2. The summed E-state index contributed by atoms with van der Waals surface area (Å²) < 4.78 is 0. The first kappa shape index (κ1) is 35.4. The van der Waals surface area contributed by atoms with Crippen LogP contribution in [-0.2, 0) is 10.8 Å². The highest BCUT2D eigenvalue weighted by molar-refractivity contribution is 7.03. The van der Waals surface area contributed by atoms with E-state index in [9.17, 15) is 0 Å². The second-order valence-corrected chi connectivity index (χ2v) is 19.3. The molecule has 4 heterocycles. The van der Waals surface area contributed by atoms with Crippen LogP contribution in [-0.4, -0.2) is 13.4 Å². The number of para-hydroxylation sites is 2. The second-order valence-electron chi connectivity index (χ2n) is 19.3. The maximum Gasteiger partial charge on any atom is 0.248 e. The standard InChI is InChI=1S/C56H46B2N2/c1-55(2,3)37-27-25-35(26-28-37)36-29-43-41-21-13-15-23-45(41)57-47-34-50-48(33-49(47)59(51(30-36)53(43)57)39-17-9-7-10-18-39)58-46-24-16-14-22-42(46)44-31-38(56(4,5)6)32-52(54(44)58)60(50)40-19-11-8-12-20-40/h7-34H,1-6H3. The minimum atomic E-state index is -0.0195. The van der Waals surface area contributed by atoms with Crippen molar-refractivity contribution in [2.75, 3.05) is 9.80 Å². The van der Waals surface area contributed by atoms with Crippen LogP contribution in [0.15, 0.2) is 170 Å². The minimum absolute atomic E-state index is 0.0195. The lowest BCUT2D eigenvalue weighted by Gasteiger charge is -2.41. The lowest BCUT2D eigenvalue weighted by Crippen LogP contribution is -2.59. The molecular weight excluding hydrogens is 722 g/mol. The topological polar surface area (TPSA) is 6.48 Å². The molecule has 60 heavy (non-hydrogen) atoms. The Bertz CT molecular complexity index is 3060. The molecule has 0 amide bonds. The van der Waals surface area contributed by atoms with Crippen LogP contribution in [0.5, 0.6) is 0 Å². The molecule has 0 aromatic heterocycles. The quantitative estimate of drug-likeness (QED) is 0.165. The van der Waals surface area contributed by atoms with Crippen molar-refractivity contribution in [2.45, 2.75) is 52.4 Å². The highest BCUT2D eigenvalue weighted by Crippen LogP contribution is 2.47. The Hall–Kier alpha value is -6.51. The third-order valence-electron chi connectivity index (χ3n) is 13.8. The van der Waals surface area contributed by atoms with E-state index in [0.717, 1.165) is 0 Å². The van der Waals surface area contributed by atoms with E-state index in [1.54, 1.807) is 0 Å². The van der Waals surface area contributed by atoms with Gasteiger partial charge in [0.2, 0.25) is 13.4 Å². The lowest BCUT2D eigenvalue weighted by atomic mass is 9.34. The molecule has 4 aliphatic heterocycles. The third kappa shape index (κ3) is 5.03. The Labute approximate surface area is 355 Å². The molecule has 0 radical (unpaired) electrons. The average molecular weight is 769 g/mol. The molecule has 0 bridgehead atoms. The maximum absolute atomic E-state index is 2.58. The van der Waals surface area contributed by atoms with E-state index < -0.39 is 0 Å². The Kier molecular flexibility index (Phi) is 7.39. The summed E-state index contributed by atoms with van der Waals surface area (Å²) in [4.78, 5) is 5.16. The van der Waals surface area contributed by atoms with Gasteiger partial charge in [-0.15, -0.1) is 0 Å². The summed E-state index contributed by atoms with van der Waals surface area (Å²) in [5.74, 6) is 0. The molecule has 0 saturated heterocycles. The van der Waals surface area contributed by atoms with Gasteiger partial charge in [0, 0.05) is 34.1 Å². The molecule has 12 rings (SSSR count). The zero-order valence-corrected chi connectivity index (χ0v) is 35.2. The summed E-state index contributed by atoms with van der Waals surface area (Å²) in [6, 6.07) is 64.8. The number of anilines is 6. The van der Waals surface area contributed by atoms with Gasteiger partial charge in [-0.25, -0.2) is 0 Å². The van der Waals surface area contributed by atoms with E-state index in [0.29, 0.717) is 0 Å². The lowest BCUT2D eigenvalue weighted by molar-refractivity contribution is 0.590. The first-order valence-corrected chi connectivity index (χ1v) is 21.6. The molecule has 0 atom stereocenters. The summed E-state index contributed by atoms with van der Waals surface area (Å²) in [7, 11) is 0. The molecule has 8 aromatic rings. The van der Waals surface area contributed by atoms with Crippen molar-refractivity contribution >= 4 is 80.3 Å². The molecule has 286 valence electrons. The van der Waals surface area contributed by atoms with Crippen molar-refractivity contribution in [1.29, 1.82) is 0 Å². The summed E-state index contributed by atoms with van der Waals surface area (Å²) >= 11 is 0. The van der Waals surface area contributed by atoms with E-state index in [2.05, 4.69) is 221 Å². The van der Waals surface area contributed by atoms with Crippen LogP contribution in [0.25, 0.3) is 33.4 Å². The van der Waals surface area contributed by atoms with Gasteiger partial charge >= 0.3 is 0 Å².